The Hall–Kier alpha value is -1.71. The van der Waals surface area contributed by atoms with Crippen molar-refractivity contribution in [3.05, 3.63) is 41.3 Å². The number of fused-ring (bicyclic) bond motifs is 1. The van der Waals surface area contributed by atoms with Gasteiger partial charge in [-0.3, -0.25) is 0 Å². The molecule has 0 aromatic rings. The van der Waals surface area contributed by atoms with Crippen molar-refractivity contribution in [2.24, 2.45) is 0 Å². The van der Waals surface area contributed by atoms with Crippen molar-refractivity contribution in [2.45, 2.75) is 6.04 Å². The van der Waals surface area contributed by atoms with Gasteiger partial charge in [0, 0.05) is 5.57 Å². The maximum atomic E-state index is 8.56. The van der Waals surface area contributed by atoms with Gasteiger partial charge in [-0.1, -0.05) is 12.2 Å². The summed E-state index contributed by atoms with van der Waals surface area (Å²) in [7, 11) is 0. The fourth-order valence-corrected chi connectivity index (χ4v) is 1.19. The normalized spacial score (nSPS) is 24.8. The summed E-state index contributed by atoms with van der Waals surface area (Å²) in [6.45, 7) is 0. The molecule has 0 fully saturated rings. The summed E-state index contributed by atoms with van der Waals surface area (Å²) in [6.07, 6.45) is 7.61. The Labute approximate surface area is 64.8 Å². The molecule has 2 heteroatoms. The second-order valence-corrected chi connectivity index (χ2v) is 2.44. The van der Waals surface area contributed by atoms with E-state index in [1.165, 1.54) is 0 Å². The molecule has 0 spiro atoms. The molecule has 2 aliphatic rings. The van der Waals surface area contributed by atoms with Crippen LogP contribution in [-0.2, 0) is 0 Å². The number of hydrogen-bond donors (Lipinski definition) is 1. The molecule has 0 amide bonds. The van der Waals surface area contributed by atoms with E-state index < -0.39 is 0 Å². The van der Waals surface area contributed by atoms with Crippen LogP contribution in [0.1, 0.15) is 0 Å². The van der Waals surface area contributed by atoms with Crippen LogP contribution in [0.4, 0.5) is 0 Å². The van der Waals surface area contributed by atoms with E-state index in [4.69, 9.17) is 5.26 Å². The molecule has 1 N–H and O–H groups in total. The third-order valence-corrected chi connectivity index (χ3v) is 1.72. The molecular weight excluding hydrogens is 136 g/mol. The van der Waals surface area contributed by atoms with Gasteiger partial charge in [-0.15, -0.1) is 5.73 Å². The van der Waals surface area contributed by atoms with E-state index >= 15 is 0 Å². The SMILES string of the molecule is N#CC1=CC2=C=CC=CC2N1. The summed E-state index contributed by atoms with van der Waals surface area (Å²) in [5, 5.41) is 11.6. The molecule has 2 nitrogen and oxygen atoms in total. The minimum absolute atomic E-state index is 0.176. The highest BCUT2D eigenvalue weighted by molar-refractivity contribution is 5.45. The number of nitriles is 1. The first-order chi connectivity index (χ1) is 5.40. The van der Waals surface area contributed by atoms with Crippen LogP contribution < -0.4 is 5.32 Å². The smallest absolute Gasteiger partial charge is 0.117 e. The van der Waals surface area contributed by atoms with E-state index in [-0.39, 0.29) is 6.04 Å². The van der Waals surface area contributed by atoms with Gasteiger partial charge < -0.3 is 5.32 Å². The summed E-state index contributed by atoms with van der Waals surface area (Å²) in [5.41, 5.74) is 4.73. The predicted molar refractivity (Wildman–Crippen MR) is 41.4 cm³/mol. The van der Waals surface area contributed by atoms with Crippen molar-refractivity contribution in [3.8, 4) is 6.07 Å². The van der Waals surface area contributed by atoms with Crippen LogP contribution in [0.15, 0.2) is 41.3 Å². The molecule has 1 aliphatic heterocycles. The first kappa shape index (κ1) is 6.03. The Balaban J connectivity index is 2.41. The van der Waals surface area contributed by atoms with E-state index in [2.05, 4.69) is 17.1 Å². The van der Waals surface area contributed by atoms with Crippen molar-refractivity contribution in [3.63, 3.8) is 0 Å². The molecular formula is C9H6N2. The fourth-order valence-electron chi connectivity index (χ4n) is 1.19. The Morgan fingerprint density at radius 1 is 1.64 bits per heavy atom. The van der Waals surface area contributed by atoms with Crippen LogP contribution in [-0.4, -0.2) is 6.04 Å². The lowest BCUT2D eigenvalue weighted by molar-refractivity contribution is 0.825. The van der Waals surface area contributed by atoms with Crippen LogP contribution in [0, 0.1) is 11.3 Å². The largest absolute Gasteiger partial charge is 0.366 e. The van der Waals surface area contributed by atoms with Crippen molar-refractivity contribution in [2.75, 3.05) is 0 Å². The van der Waals surface area contributed by atoms with Gasteiger partial charge in [-0.2, -0.15) is 5.26 Å². The van der Waals surface area contributed by atoms with Gasteiger partial charge >= 0.3 is 0 Å². The van der Waals surface area contributed by atoms with Crippen LogP contribution >= 0.6 is 0 Å². The van der Waals surface area contributed by atoms with Gasteiger partial charge in [0.05, 0.1) is 6.04 Å². The number of nitrogens with one attached hydrogen (secondary N) is 1. The van der Waals surface area contributed by atoms with E-state index in [0.717, 1.165) is 5.57 Å². The minimum Gasteiger partial charge on any atom is -0.366 e. The number of allylic oxidation sites excluding steroid dienone is 2. The number of nitrogens with zero attached hydrogens (tertiary/aromatic N) is 1. The Bertz CT molecular complexity index is 346. The zero-order valence-corrected chi connectivity index (χ0v) is 5.83. The molecule has 0 saturated heterocycles. The quantitative estimate of drug-likeness (QED) is 0.512. The van der Waals surface area contributed by atoms with Gasteiger partial charge in [0.2, 0.25) is 0 Å². The average Bonchev–Trinajstić information content (AvgIpc) is 2.46. The molecule has 52 valence electrons. The standard InChI is InChI=1S/C9H6N2/c10-6-8-5-7-3-1-2-4-9(7)11-8/h1-2,4-5,9,11H. The minimum atomic E-state index is 0.176. The second kappa shape index (κ2) is 2.16. The van der Waals surface area contributed by atoms with Crippen LogP contribution in [0.25, 0.3) is 0 Å². The molecule has 0 saturated carbocycles. The van der Waals surface area contributed by atoms with E-state index in [9.17, 15) is 0 Å². The summed E-state index contributed by atoms with van der Waals surface area (Å²) >= 11 is 0. The first-order valence-electron chi connectivity index (χ1n) is 3.42. The summed E-state index contributed by atoms with van der Waals surface area (Å²) in [4.78, 5) is 0. The fraction of sp³-hybridized carbons (Fsp3) is 0.111. The molecule has 0 aromatic carbocycles. The lowest BCUT2D eigenvalue weighted by Gasteiger charge is -2.07. The highest BCUT2D eigenvalue weighted by Crippen LogP contribution is 2.17. The second-order valence-electron chi connectivity index (χ2n) is 2.44. The summed E-state index contributed by atoms with van der Waals surface area (Å²) in [5.74, 6) is 0. The molecule has 0 aromatic heterocycles. The van der Waals surface area contributed by atoms with Crippen molar-refractivity contribution in [1.82, 2.24) is 5.32 Å². The highest BCUT2D eigenvalue weighted by atomic mass is 14.9. The predicted octanol–water partition coefficient (Wildman–Crippen LogP) is 1.02. The van der Waals surface area contributed by atoms with Crippen molar-refractivity contribution < 1.29 is 0 Å². The van der Waals surface area contributed by atoms with Gasteiger partial charge in [0.25, 0.3) is 0 Å². The zero-order valence-electron chi connectivity index (χ0n) is 5.83. The Morgan fingerprint density at radius 3 is 3.27 bits per heavy atom. The lowest BCUT2D eigenvalue weighted by Crippen LogP contribution is -2.21. The van der Waals surface area contributed by atoms with Gasteiger partial charge in [-0.25, -0.2) is 0 Å². The van der Waals surface area contributed by atoms with Gasteiger partial charge in [0.15, 0.2) is 0 Å². The molecule has 2 rings (SSSR count). The highest BCUT2D eigenvalue weighted by Gasteiger charge is 2.18. The van der Waals surface area contributed by atoms with Crippen molar-refractivity contribution in [1.29, 1.82) is 5.26 Å². The molecule has 0 radical (unpaired) electrons. The average molecular weight is 142 g/mol. The van der Waals surface area contributed by atoms with Crippen LogP contribution in [0.5, 0.6) is 0 Å². The topological polar surface area (TPSA) is 35.8 Å². The Morgan fingerprint density at radius 2 is 2.55 bits per heavy atom. The van der Waals surface area contributed by atoms with Gasteiger partial charge in [-0.05, 0) is 12.2 Å². The third kappa shape index (κ3) is 0.881. The lowest BCUT2D eigenvalue weighted by atomic mass is 10.1. The van der Waals surface area contributed by atoms with E-state index in [1.807, 2.05) is 24.3 Å². The van der Waals surface area contributed by atoms with Crippen molar-refractivity contribution >= 4 is 0 Å². The van der Waals surface area contributed by atoms with E-state index in [1.54, 1.807) is 0 Å². The summed E-state index contributed by atoms with van der Waals surface area (Å²) < 4.78 is 0. The monoisotopic (exact) mass is 142 g/mol. The number of hydrogen-bond acceptors (Lipinski definition) is 2. The maximum Gasteiger partial charge on any atom is 0.117 e. The maximum absolute atomic E-state index is 8.56. The van der Waals surface area contributed by atoms with Crippen LogP contribution in [0.2, 0.25) is 0 Å². The summed E-state index contributed by atoms with van der Waals surface area (Å²) in [6, 6.07) is 2.24. The first-order valence-corrected chi connectivity index (χ1v) is 3.42. The molecule has 1 atom stereocenters. The van der Waals surface area contributed by atoms with E-state index in [0.29, 0.717) is 5.70 Å². The molecule has 1 aliphatic carbocycles. The number of rotatable bonds is 0. The van der Waals surface area contributed by atoms with Gasteiger partial charge in [0.1, 0.15) is 11.8 Å². The molecule has 0 bridgehead atoms. The van der Waals surface area contributed by atoms with Crippen LogP contribution in [0.3, 0.4) is 0 Å². The molecule has 1 heterocycles. The molecule has 11 heavy (non-hydrogen) atoms. The third-order valence-electron chi connectivity index (χ3n) is 1.72. The molecule has 1 unspecified atom stereocenters. The Kier molecular flexibility index (Phi) is 1.18. The zero-order chi connectivity index (χ0) is 7.68.